The van der Waals surface area contributed by atoms with E-state index in [1.54, 1.807) is 0 Å². The van der Waals surface area contributed by atoms with Crippen LogP contribution in [0.15, 0.2) is 36.0 Å². The molecule has 3 rings (SSSR count). The van der Waals surface area contributed by atoms with Crippen molar-refractivity contribution in [1.82, 2.24) is 4.90 Å². The van der Waals surface area contributed by atoms with E-state index < -0.39 is 0 Å². The third-order valence-corrected chi connectivity index (χ3v) is 4.27. The lowest BCUT2D eigenvalue weighted by atomic mass is 9.68. The summed E-state index contributed by atoms with van der Waals surface area (Å²) in [7, 11) is 1.90. The minimum Gasteiger partial charge on any atom is -0.319 e. The van der Waals surface area contributed by atoms with E-state index in [0.717, 1.165) is 12.8 Å². The first-order chi connectivity index (χ1) is 8.13. The first kappa shape index (κ1) is 10.6. The smallest absolute Gasteiger partial charge is 0.226 e. The Morgan fingerprint density at radius 1 is 1.29 bits per heavy atom. The van der Waals surface area contributed by atoms with Crippen molar-refractivity contribution in [2.24, 2.45) is 0 Å². The fraction of sp³-hybridized carbons (Fsp3) is 0.400. The molecule has 0 N–H and O–H groups in total. The van der Waals surface area contributed by atoms with Crippen molar-refractivity contribution in [2.75, 3.05) is 7.05 Å². The summed E-state index contributed by atoms with van der Waals surface area (Å²) in [5.74, 6) is 0.244. The van der Waals surface area contributed by atoms with Crippen molar-refractivity contribution in [1.29, 1.82) is 0 Å². The van der Waals surface area contributed by atoms with Crippen molar-refractivity contribution < 1.29 is 4.79 Å². The van der Waals surface area contributed by atoms with Gasteiger partial charge >= 0.3 is 0 Å². The molecule has 17 heavy (non-hydrogen) atoms. The van der Waals surface area contributed by atoms with Gasteiger partial charge in [-0.2, -0.15) is 0 Å². The van der Waals surface area contributed by atoms with Crippen LogP contribution in [0.5, 0.6) is 0 Å². The van der Waals surface area contributed by atoms with Crippen LogP contribution in [0, 0.1) is 0 Å². The van der Waals surface area contributed by atoms with Gasteiger partial charge in [-0.25, -0.2) is 0 Å². The number of nitrogens with zero attached hydrogens (tertiary/aromatic N) is 1. The molecule has 1 amide bonds. The van der Waals surface area contributed by atoms with Crippen molar-refractivity contribution in [2.45, 2.75) is 31.6 Å². The molecule has 1 aromatic rings. The molecule has 1 fully saturated rings. The van der Waals surface area contributed by atoms with E-state index in [0.29, 0.717) is 6.42 Å². The Morgan fingerprint density at radius 3 is 2.88 bits per heavy atom. The number of carbonyl (C=O) groups is 1. The fourth-order valence-corrected chi connectivity index (χ4v) is 3.24. The molecule has 1 heterocycles. The van der Waals surface area contributed by atoms with Gasteiger partial charge in [-0.3, -0.25) is 4.79 Å². The van der Waals surface area contributed by atoms with Gasteiger partial charge in [0.05, 0.1) is 0 Å². The highest BCUT2D eigenvalue weighted by atomic mass is 16.2. The van der Waals surface area contributed by atoms with Crippen LogP contribution < -0.4 is 0 Å². The number of carbonyl (C=O) groups excluding carboxylic acids is 1. The van der Waals surface area contributed by atoms with E-state index in [9.17, 15) is 4.79 Å². The summed E-state index contributed by atoms with van der Waals surface area (Å²) in [6.45, 7) is 2.26. The lowest BCUT2D eigenvalue weighted by molar-refractivity contribution is -0.130. The summed E-state index contributed by atoms with van der Waals surface area (Å²) in [5.41, 5.74) is 4.02. The molecule has 0 saturated carbocycles. The van der Waals surface area contributed by atoms with Gasteiger partial charge in [0.25, 0.3) is 0 Å². The molecule has 2 aliphatic rings. The zero-order chi connectivity index (χ0) is 12.0. The number of benzene rings is 1. The predicted molar refractivity (Wildman–Crippen MR) is 67.6 cm³/mol. The molecule has 0 aromatic heterocycles. The maximum atomic E-state index is 11.8. The zero-order valence-electron chi connectivity index (χ0n) is 10.4. The van der Waals surface area contributed by atoms with Gasteiger partial charge in [0.2, 0.25) is 5.91 Å². The second-order valence-electron chi connectivity index (χ2n) is 5.24. The average molecular weight is 227 g/mol. The van der Waals surface area contributed by atoms with Gasteiger partial charge in [-0.15, -0.1) is 0 Å². The number of likely N-dealkylation sites (N-methyl/N-ethyl adjacent to an activating group) is 1. The van der Waals surface area contributed by atoms with Crippen LogP contribution >= 0.6 is 0 Å². The van der Waals surface area contributed by atoms with Gasteiger partial charge in [0.15, 0.2) is 0 Å². The molecule has 1 atom stereocenters. The number of rotatable bonds is 0. The Hall–Kier alpha value is -1.57. The summed E-state index contributed by atoms with van der Waals surface area (Å²) >= 11 is 0. The molecule has 1 saturated heterocycles. The molecule has 2 heteroatoms. The summed E-state index contributed by atoms with van der Waals surface area (Å²) in [6, 6.07) is 8.61. The van der Waals surface area contributed by atoms with Crippen molar-refractivity contribution >= 4 is 5.91 Å². The van der Waals surface area contributed by atoms with E-state index in [1.165, 1.54) is 16.8 Å². The highest BCUT2D eigenvalue weighted by Gasteiger charge is 2.42. The summed E-state index contributed by atoms with van der Waals surface area (Å²) in [6.07, 6.45) is 4.75. The molecule has 2 nitrogen and oxygen atoms in total. The van der Waals surface area contributed by atoms with Gasteiger partial charge < -0.3 is 4.90 Å². The zero-order valence-corrected chi connectivity index (χ0v) is 10.4. The number of likely N-dealkylation sites (tertiary alicyclic amines) is 1. The van der Waals surface area contributed by atoms with E-state index in [-0.39, 0.29) is 11.3 Å². The minimum absolute atomic E-state index is 0.0253. The summed E-state index contributed by atoms with van der Waals surface area (Å²) in [4.78, 5) is 13.6. The van der Waals surface area contributed by atoms with Gasteiger partial charge in [-0.1, -0.05) is 30.3 Å². The monoisotopic (exact) mass is 227 g/mol. The molecule has 0 spiro atoms. The third kappa shape index (κ3) is 1.36. The molecule has 1 aliphatic heterocycles. The Labute approximate surface area is 102 Å². The highest BCUT2D eigenvalue weighted by molar-refractivity contribution is 5.80. The minimum atomic E-state index is 0.0253. The summed E-state index contributed by atoms with van der Waals surface area (Å²) < 4.78 is 0. The maximum Gasteiger partial charge on any atom is 0.226 e. The first-order valence-corrected chi connectivity index (χ1v) is 6.18. The number of amides is 1. The molecular weight excluding hydrogens is 210 g/mol. The largest absolute Gasteiger partial charge is 0.319 e. The normalized spacial score (nSPS) is 27.3. The fourth-order valence-electron chi connectivity index (χ4n) is 3.24. The quantitative estimate of drug-likeness (QED) is 0.667. The summed E-state index contributed by atoms with van der Waals surface area (Å²) in [5, 5.41) is 0. The van der Waals surface area contributed by atoms with Gasteiger partial charge in [0.1, 0.15) is 0 Å². The SMILES string of the molecule is CN1C(=O)CCC2(C)C1=CCc1ccccc12. The number of hydrogen-bond acceptors (Lipinski definition) is 1. The topological polar surface area (TPSA) is 20.3 Å². The third-order valence-electron chi connectivity index (χ3n) is 4.27. The molecule has 1 unspecified atom stereocenters. The van der Waals surface area contributed by atoms with Crippen LogP contribution in [0.2, 0.25) is 0 Å². The second-order valence-corrected chi connectivity index (χ2v) is 5.24. The van der Waals surface area contributed by atoms with E-state index >= 15 is 0 Å². The number of allylic oxidation sites excluding steroid dienone is 2. The van der Waals surface area contributed by atoms with E-state index in [2.05, 4.69) is 37.3 Å². The Bertz CT molecular complexity index is 517. The van der Waals surface area contributed by atoms with Crippen LogP contribution in [-0.4, -0.2) is 17.9 Å². The van der Waals surface area contributed by atoms with Gasteiger partial charge in [0, 0.05) is 24.6 Å². The van der Waals surface area contributed by atoms with E-state index in [1.807, 2.05) is 11.9 Å². The molecule has 88 valence electrons. The molecular formula is C15H17NO. The first-order valence-electron chi connectivity index (χ1n) is 6.18. The molecule has 0 bridgehead atoms. The van der Waals surface area contributed by atoms with Crippen LogP contribution in [-0.2, 0) is 16.6 Å². The average Bonchev–Trinajstić information content (AvgIpc) is 2.35. The highest BCUT2D eigenvalue weighted by Crippen LogP contribution is 2.45. The number of fused-ring (bicyclic) bond motifs is 3. The standard InChI is InChI=1S/C15H17NO/c1-15-10-9-14(17)16(2)13(15)8-7-11-5-3-4-6-12(11)15/h3-6,8H,7,9-10H2,1-2H3. The lowest BCUT2D eigenvalue weighted by Crippen LogP contribution is -2.45. The van der Waals surface area contributed by atoms with Crippen molar-refractivity contribution in [3.8, 4) is 0 Å². The molecule has 1 aliphatic carbocycles. The van der Waals surface area contributed by atoms with Crippen LogP contribution in [0.3, 0.4) is 0 Å². The predicted octanol–water partition coefficient (Wildman–Crippen LogP) is 2.64. The molecule has 0 radical (unpaired) electrons. The number of piperidine rings is 1. The molecule has 1 aromatic carbocycles. The van der Waals surface area contributed by atoms with Crippen LogP contribution in [0.1, 0.15) is 30.9 Å². The Morgan fingerprint density at radius 2 is 2.06 bits per heavy atom. The number of hydrogen-bond donors (Lipinski definition) is 0. The maximum absolute atomic E-state index is 11.8. The second kappa shape index (κ2) is 3.46. The Kier molecular flexibility index (Phi) is 2.15. The van der Waals surface area contributed by atoms with Crippen LogP contribution in [0.4, 0.5) is 0 Å². The van der Waals surface area contributed by atoms with Crippen molar-refractivity contribution in [3.05, 3.63) is 47.2 Å². The van der Waals surface area contributed by atoms with Crippen molar-refractivity contribution in [3.63, 3.8) is 0 Å². The lowest BCUT2D eigenvalue weighted by Gasteiger charge is -2.44. The van der Waals surface area contributed by atoms with E-state index in [4.69, 9.17) is 0 Å². The Balaban J connectivity index is 2.15. The van der Waals surface area contributed by atoms with Crippen LogP contribution in [0.25, 0.3) is 0 Å². The van der Waals surface area contributed by atoms with Gasteiger partial charge in [-0.05, 0) is 30.9 Å².